The predicted octanol–water partition coefficient (Wildman–Crippen LogP) is 3.80. The van der Waals surface area contributed by atoms with Crippen molar-refractivity contribution in [2.45, 2.75) is 78.0 Å². The lowest BCUT2D eigenvalue weighted by atomic mass is 10.1. The van der Waals surface area contributed by atoms with Crippen LogP contribution in [-0.2, 0) is 13.1 Å². The van der Waals surface area contributed by atoms with Gasteiger partial charge in [-0.2, -0.15) is 0 Å². The fraction of sp³-hybridized carbons (Fsp3) is 0.812. The molecule has 1 atom stereocenters. The number of aromatic nitrogens is 1. The summed E-state index contributed by atoms with van der Waals surface area (Å²) in [5.74, 6) is 0. The third-order valence-electron chi connectivity index (χ3n) is 3.92. The zero-order valence-electron chi connectivity index (χ0n) is 13.4. The number of rotatable bonds is 4. The number of thiazole rings is 1. The van der Waals surface area contributed by atoms with Crippen molar-refractivity contribution in [1.82, 2.24) is 15.2 Å². The lowest BCUT2D eigenvalue weighted by Crippen LogP contribution is -2.35. The monoisotopic (exact) mass is 295 g/mol. The van der Waals surface area contributed by atoms with E-state index in [2.05, 4.69) is 43.3 Å². The van der Waals surface area contributed by atoms with Gasteiger partial charge in [0.2, 0.25) is 0 Å². The van der Waals surface area contributed by atoms with Gasteiger partial charge in [-0.15, -0.1) is 11.3 Å². The molecular weight excluding hydrogens is 266 g/mol. The van der Waals surface area contributed by atoms with Gasteiger partial charge in [0.05, 0.1) is 5.69 Å². The van der Waals surface area contributed by atoms with Crippen LogP contribution in [0.3, 0.4) is 0 Å². The van der Waals surface area contributed by atoms with Gasteiger partial charge in [0.1, 0.15) is 5.01 Å². The van der Waals surface area contributed by atoms with Crippen LogP contribution < -0.4 is 5.32 Å². The fourth-order valence-electron chi connectivity index (χ4n) is 2.62. The van der Waals surface area contributed by atoms with Gasteiger partial charge in [0, 0.05) is 30.1 Å². The molecule has 0 aliphatic carbocycles. The van der Waals surface area contributed by atoms with E-state index >= 15 is 0 Å². The van der Waals surface area contributed by atoms with E-state index in [-0.39, 0.29) is 5.54 Å². The maximum absolute atomic E-state index is 4.79. The van der Waals surface area contributed by atoms with Gasteiger partial charge in [0.25, 0.3) is 0 Å². The molecule has 2 heterocycles. The summed E-state index contributed by atoms with van der Waals surface area (Å²) in [5.41, 5.74) is 1.40. The minimum atomic E-state index is 0.158. The third-order valence-corrected chi connectivity index (χ3v) is 4.82. The zero-order valence-corrected chi connectivity index (χ0v) is 14.2. The standard InChI is InChI=1S/C16H29N3S/c1-13-8-6-5-7-9-19(13)11-14-12-20-15(18-14)10-17-16(2,3)4/h12-13,17H,5-11H2,1-4H3. The number of hydrogen-bond acceptors (Lipinski definition) is 4. The first-order valence-electron chi connectivity index (χ1n) is 7.86. The molecule has 1 aromatic heterocycles. The van der Waals surface area contributed by atoms with Crippen LogP contribution in [0.1, 0.15) is 64.1 Å². The van der Waals surface area contributed by atoms with E-state index in [9.17, 15) is 0 Å². The largest absolute Gasteiger partial charge is 0.306 e. The smallest absolute Gasteiger partial charge is 0.107 e. The molecule has 0 spiro atoms. The second kappa shape index (κ2) is 7.01. The van der Waals surface area contributed by atoms with Gasteiger partial charge in [0.15, 0.2) is 0 Å². The van der Waals surface area contributed by atoms with E-state index in [4.69, 9.17) is 4.98 Å². The molecule has 1 fully saturated rings. The summed E-state index contributed by atoms with van der Waals surface area (Å²) in [6.45, 7) is 12.1. The Hall–Kier alpha value is -0.450. The Bertz CT molecular complexity index is 408. The second-order valence-electron chi connectivity index (χ2n) is 7.00. The van der Waals surface area contributed by atoms with Crippen LogP contribution in [0.15, 0.2) is 5.38 Å². The van der Waals surface area contributed by atoms with Crippen molar-refractivity contribution in [3.8, 4) is 0 Å². The summed E-state index contributed by atoms with van der Waals surface area (Å²) in [5, 5.41) is 6.95. The first-order chi connectivity index (χ1) is 9.44. The summed E-state index contributed by atoms with van der Waals surface area (Å²) in [7, 11) is 0. The summed E-state index contributed by atoms with van der Waals surface area (Å²) in [4.78, 5) is 7.39. The van der Waals surface area contributed by atoms with E-state index in [1.807, 2.05) is 0 Å². The average Bonchev–Trinajstić information content (AvgIpc) is 2.71. The highest BCUT2D eigenvalue weighted by atomic mass is 32.1. The first kappa shape index (κ1) is 15.9. The van der Waals surface area contributed by atoms with Gasteiger partial charge < -0.3 is 5.32 Å². The zero-order chi connectivity index (χ0) is 14.6. The van der Waals surface area contributed by atoms with Crippen LogP contribution in [0, 0.1) is 0 Å². The summed E-state index contributed by atoms with van der Waals surface area (Å²) < 4.78 is 0. The van der Waals surface area contributed by atoms with Crippen molar-refractivity contribution >= 4 is 11.3 Å². The van der Waals surface area contributed by atoms with Crippen molar-refractivity contribution in [3.63, 3.8) is 0 Å². The summed E-state index contributed by atoms with van der Waals surface area (Å²) in [6, 6.07) is 0.704. The molecule has 1 aliphatic rings. The normalized spacial score (nSPS) is 21.9. The minimum Gasteiger partial charge on any atom is -0.306 e. The van der Waals surface area contributed by atoms with Crippen LogP contribution in [0.25, 0.3) is 0 Å². The quantitative estimate of drug-likeness (QED) is 0.916. The average molecular weight is 295 g/mol. The van der Waals surface area contributed by atoms with Crippen molar-refractivity contribution < 1.29 is 0 Å². The molecule has 0 bridgehead atoms. The van der Waals surface area contributed by atoms with Gasteiger partial charge in [-0.05, 0) is 47.1 Å². The van der Waals surface area contributed by atoms with E-state index < -0.39 is 0 Å². The van der Waals surface area contributed by atoms with Crippen LogP contribution in [-0.4, -0.2) is 28.0 Å². The molecule has 1 unspecified atom stereocenters. The molecule has 4 heteroatoms. The predicted molar refractivity (Wildman–Crippen MR) is 87.0 cm³/mol. The Labute approximate surface area is 127 Å². The Morgan fingerprint density at radius 3 is 2.90 bits per heavy atom. The number of nitrogens with zero attached hydrogens (tertiary/aromatic N) is 2. The molecular formula is C16H29N3S. The van der Waals surface area contributed by atoms with Crippen molar-refractivity contribution in [1.29, 1.82) is 0 Å². The third kappa shape index (κ3) is 5.15. The highest BCUT2D eigenvalue weighted by molar-refractivity contribution is 7.09. The van der Waals surface area contributed by atoms with Crippen molar-refractivity contribution in [2.24, 2.45) is 0 Å². The van der Waals surface area contributed by atoms with Crippen molar-refractivity contribution in [2.75, 3.05) is 6.54 Å². The van der Waals surface area contributed by atoms with E-state index in [1.165, 1.54) is 42.9 Å². The topological polar surface area (TPSA) is 28.2 Å². The molecule has 1 aliphatic heterocycles. The SMILES string of the molecule is CC1CCCCCN1Cc1csc(CNC(C)(C)C)n1. The molecule has 3 nitrogen and oxygen atoms in total. The Kier molecular flexibility index (Phi) is 5.58. The first-order valence-corrected chi connectivity index (χ1v) is 8.74. The molecule has 0 saturated carbocycles. The maximum Gasteiger partial charge on any atom is 0.107 e. The van der Waals surface area contributed by atoms with Crippen LogP contribution in [0.4, 0.5) is 0 Å². The number of likely N-dealkylation sites (tertiary alicyclic amines) is 1. The van der Waals surface area contributed by atoms with E-state index in [0.29, 0.717) is 6.04 Å². The number of hydrogen-bond donors (Lipinski definition) is 1. The van der Waals surface area contributed by atoms with Crippen LogP contribution in [0.2, 0.25) is 0 Å². The molecule has 1 aromatic rings. The molecule has 1 N–H and O–H groups in total. The summed E-state index contributed by atoms with van der Waals surface area (Å²) >= 11 is 1.78. The lowest BCUT2D eigenvalue weighted by Gasteiger charge is -2.25. The van der Waals surface area contributed by atoms with Crippen molar-refractivity contribution in [3.05, 3.63) is 16.1 Å². The maximum atomic E-state index is 4.79. The highest BCUT2D eigenvalue weighted by Gasteiger charge is 2.18. The van der Waals surface area contributed by atoms with Crippen LogP contribution in [0.5, 0.6) is 0 Å². The molecule has 1 saturated heterocycles. The van der Waals surface area contributed by atoms with Gasteiger partial charge >= 0.3 is 0 Å². The molecule has 114 valence electrons. The minimum absolute atomic E-state index is 0.158. The molecule has 20 heavy (non-hydrogen) atoms. The number of nitrogens with one attached hydrogen (secondary N) is 1. The molecule has 0 aromatic carbocycles. The second-order valence-corrected chi connectivity index (χ2v) is 7.95. The molecule has 2 rings (SSSR count). The Morgan fingerprint density at radius 1 is 1.35 bits per heavy atom. The lowest BCUT2D eigenvalue weighted by molar-refractivity contribution is 0.203. The van der Waals surface area contributed by atoms with Crippen LogP contribution >= 0.6 is 11.3 Å². The van der Waals surface area contributed by atoms with Gasteiger partial charge in [-0.3, -0.25) is 4.90 Å². The van der Waals surface area contributed by atoms with E-state index in [0.717, 1.165) is 13.1 Å². The highest BCUT2D eigenvalue weighted by Crippen LogP contribution is 2.20. The fourth-order valence-corrected chi connectivity index (χ4v) is 3.35. The molecule has 0 amide bonds. The van der Waals surface area contributed by atoms with E-state index in [1.54, 1.807) is 11.3 Å². The summed E-state index contributed by atoms with van der Waals surface area (Å²) in [6.07, 6.45) is 5.45. The Balaban J connectivity index is 1.88. The molecule has 0 radical (unpaired) electrons. The Morgan fingerprint density at radius 2 is 2.15 bits per heavy atom. The van der Waals surface area contributed by atoms with Gasteiger partial charge in [-0.25, -0.2) is 4.98 Å². The van der Waals surface area contributed by atoms with Gasteiger partial charge in [-0.1, -0.05) is 12.8 Å².